The number of rotatable bonds is 4. The summed E-state index contributed by atoms with van der Waals surface area (Å²) in [5.74, 6) is 0.410. The summed E-state index contributed by atoms with van der Waals surface area (Å²) in [7, 11) is 0. The van der Waals surface area contributed by atoms with Crippen LogP contribution in [0, 0.1) is 25.2 Å². The van der Waals surface area contributed by atoms with Crippen LogP contribution in [0.2, 0.25) is 0 Å². The molecule has 2 aromatic rings. The van der Waals surface area contributed by atoms with Gasteiger partial charge >= 0.3 is 0 Å². The Morgan fingerprint density at radius 3 is 3.00 bits per heavy atom. The number of aryl methyl sites for hydroxylation is 1. The maximum Gasteiger partial charge on any atom is 0.254 e. The molecule has 1 amide bonds. The van der Waals surface area contributed by atoms with E-state index in [1.807, 2.05) is 42.7 Å². The minimum absolute atomic E-state index is 0.204. The van der Waals surface area contributed by atoms with E-state index in [0.717, 1.165) is 22.8 Å². The molecule has 0 aromatic carbocycles. The second-order valence-corrected chi connectivity index (χ2v) is 4.48. The average molecular weight is 281 g/mol. The number of aromatic nitrogens is 2. The van der Waals surface area contributed by atoms with Gasteiger partial charge < -0.3 is 4.57 Å². The van der Waals surface area contributed by atoms with Gasteiger partial charge in [-0.2, -0.15) is 10.4 Å². The number of carbonyl (C=O) groups excluding carboxylic acids is 1. The number of hydrazone groups is 1. The predicted molar refractivity (Wildman–Crippen MR) is 79.0 cm³/mol. The van der Waals surface area contributed by atoms with E-state index < -0.39 is 5.91 Å². The van der Waals surface area contributed by atoms with Crippen molar-refractivity contribution in [3.63, 3.8) is 0 Å². The van der Waals surface area contributed by atoms with Gasteiger partial charge in [-0.3, -0.25) is 4.79 Å². The molecule has 106 valence electrons. The Labute approximate surface area is 122 Å². The largest absolute Gasteiger partial charge is 0.303 e. The average Bonchev–Trinajstić information content (AvgIpc) is 2.75. The SMILES string of the molecule is Cc1cc(/C=N\NC(=O)CC#N)c(C)n1-c1ccccn1. The zero-order valence-corrected chi connectivity index (χ0v) is 11.9. The Bertz CT molecular complexity index is 710. The highest BCUT2D eigenvalue weighted by Crippen LogP contribution is 2.17. The van der Waals surface area contributed by atoms with Crippen LogP contribution in [0.3, 0.4) is 0 Å². The first-order valence-corrected chi connectivity index (χ1v) is 6.42. The van der Waals surface area contributed by atoms with E-state index in [9.17, 15) is 4.79 Å². The van der Waals surface area contributed by atoms with Crippen LogP contribution in [0.5, 0.6) is 0 Å². The van der Waals surface area contributed by atoms with E-state index >= 15 is 0 Å². The molecular formula is C15H15N5O. The molecule has 1 N–H and O–H groups in total. The second kappa shape index (κ2) is 6.48. The molecule has 0 saturated carbocycles. The lowest BCUT2D eigenvalue weighted by molar-refractivity contribution is -0.120. The summed E-state index contributed by atoms with van der Waals surface area (Å²) >= 11 is 0. The Morgan fingerprint density at radius 2 is 2.33 bits per heavy atom. The quantitative estimate of drug-likeness (QED) is 0.685. The fourth-order valence-corrected chi connectivity index (χ4v) is 2.04. The van der Waals surface area contributed by atoms with Crippen molar-refractivity contribution in [3.05, 3.63) is 47.4 Å². The maximum atomic E-state index is 11.1. The van der Waals surface area contributed by atoms with Crippen LogP contribution in [0.4, 0.5) is 0 Å². The van der Waals surface area contributed by atoms with Gasteiger partial charge in [0.25, 0.3) is 5.91 Å². The number of pyridine rings is 1. The number of carbonyl (C=O) groups is 1. The van der Waals surface area contributed by atoms with Crippen LogP contribution in [-0.4, -0.2) is 21.7 Å². The highest BCUT2D eigenvalue weighted by molar-refractivity contribution is 5.84. The molecule has 0 aliphatic carbocycles. The molecule has 2 aromatic heterocycles. The minimum Gasteiger partial charge on any atom is -0.303 e. The first-order valence-electron chi connectivity index (χ1n) is 6.42. The fourth-order valence-electron chi connectivity index (χ4n) is 2.04. The van der Waals surface area contributed by atoms with Crippen molar-refractivity contribution in [3.8, 4) is 11.9 Å². The highest BCUT2D eigenvalue weighted by atomic mass is 16.2. The molecule has 0 aliphatic rings. The van der Waals surface area contributed by atoms with Crippen molar-refractivity contribution in [2.75, 3.05) is 0 Å². The molecule has 6 nitrogen and oxygen atoms in total. The smallest absolute Gasteiger partial charge is 0.254 e. The second-order valence-electron chi connectivity index (χ2n) is 4.48. The molecule has 2 heterocycles. The van der Waals surface area contributed by atoms with Gasteiger partial charge in [0.2, 0.25) is 0 Å². The Morgan fingerprint density at radius 1 is 1.52 bits per heavy atom. The molecule has 2 rings (SSSR count). The standard InChI is InChI=1S/C15H15N5O/c1-11-9-13(10-18-19-15(21)6-7-16)12(2)20(11)14-5-3-4-8-17-14/h3-5,8-10H,6H2,1-2H3,(H,19,21)/b18-10-. The molecule has 0 atom stereocenters. The number of nitrogens with one attached hydrogen (secondary N) is 1. The molecule has 0 radical (unpaired) electrons. The summed E-state index contributed by atoms with van der Waals surface area (Å²) in [6, 6.07) is 9.45. The van der Waals surface area contributed by atoms with E-state index in [1.165, 1.54) is 0 Å². The topological polar surface area (TPSA) is 83.1 Å². The minimum atomic E-state index is -0.424. The monoisotopic (exact) mass is 281 g/mol. The van der Waals surface area contributed by atoms with E-state index in [0.29, 0.717) is 0 Å². The molecule has 0 fully saturated rings. The Balaban J connectivity index is 2.22. The van der Waals surface area contributed by atoms with Gasteiger partial charge in [0.05, 0.1) is 12.3 Å². The van der Waals surface area contributed by atoms with Gasteiger partial charge in [0.1, 0.15) is 12.2 Å². The van der Waals surface area contributed by atoms with Crippen molar-refractivity contribution >= 4 is 12.1 Å². The van der Waals surface area contributed by atoms with E-state index in [1.54, 1.807) is 18.5 Å². The Kier molecular flexibility index (Phi) is 4.46. The lowest BCUT2D eigenvalue weighted by atomic mass is 10.3. The summed E-state index contributed by atoms with van der Waals surface area (Å²) in [6.45, 7) is 3.94. The molecule has 6 heteroatoms. The number of hydrogen-bond acceptors (Lipinski definition) is 4. The van der Waals surface area contributed by atoms with Crippen molar-refractivity contribution in [2.24, 2.45) is 5.10 Å². The first-order chi connectivity index (χ1) is 10.1. The molecular weight excluding hydrogens is 266 g/mol. The number of amides is 1. The summed E-state index contributed by atoms with van der Waals surface area (Å²) in [6.07, 6.45) is 3.10. The third-order valence-electron chi connectivity index (χ3n) is 2.98. The zero-order valence-electron chi connectivity index (χ0n) is 11.9. The third-order valence-corrected chi connectivity index (χ3v) is 2.98. The van der Waals surface area contributed by atoms with Crippen LogP contribution in [-0.2, 0) is 4.79 Å². The van der Waals surface area contributed by atoms with Gasteiger partial charge in [-0.15, -0.1) is 0 Å². The summed E-state index contributed by atoms with van der Waals surface area (Å²) in [5, 5.41) is 12.2. The van der Waals surface area contributed by atoms with Gasteiger partial charge in [-0.1, -0.05) is 6.07 Å². The van der Waals surface area contributed by atoms with Crippen molar-refractivity contribution < 1.29 is 4.79 Å². The first kappa shape index (κ1) is 14.5. The molecule has 21 heavy (non-hydrogen) atoms. The number of nitrogens with zero attached hydrogens (tertiary/aromatic N) is 4. The number of hydrogen-bond donors (Lipinski definition) is 1. The normalized spacial score (nSPS) is 10.5. The lowest BCUT2D eigenvalue weighted by Crippen LogP contribution is -2.16. The van der Waals surface area contributed by atoms with Crippen LogP contribution in [0.25, 0.3) is 5.82 Å². The molecule has 0 saturated heterocycles. The summed E-state index contributed by atoms with van der Waals surface area (Å²) in [4.78, 5) is 15.5. The summed E-state index contributed by atoms with van der Waals surface area (Å²) in [5.41, 5.74) is 5.20. The predicted octanol–water partition coefficient (Wildman–Crippen LogP) is 1.85. The van der Waals surface area contributed by atoms with E-state index in [-0.39, 0.29) is 6.42 Å². The fraction of sp³-hybridized carbons (Fsp3) is 0.200. The van der Waals surface area contributed by atoms with E-state index in [4.69, 9.17) is 5.26 Å². The zero-order chi connectivity index (χ0) is 15.2. The molecule has 0 aliphatic heterocycles. The molecule has 0 bridgehead atoms. The van der Waals surface area contributed by atoms with E-state index in [2.05, 4.69) is 15.5 Å². The van der Waals surface area contributed by atoms with Crippen molar-refractivity contribution in [1.29, 1.82) is 5.26 Å². The Hall–Kier alpha value is -2.94. The van der Waals surface area contributed by atoms with Crippen molar-refractivity contribution in [1.82, 2.24) is 15.0 Å². The van der Waals surface area contributed by atoms with Gasteiger partial charge in [0, 0.05) is 23.1 Å². The van der Waals surface area contributed by atoms with Crippen LogP contribution >= 0.6 is 0 Å². The van der Waals surface area contributed by atoms with Gasteiger partial charge in [-0.05, 0) is 32.0 Å². The third kappa shape index (κ3) is 3.34. The highest BCUT2D eigenvalue weighted by Gasteiger charge is 2.09. The van der Waals surface area contributed by atoms with Crippen molar-refractivity contribution in [2.45, 2.75) is 20.3 Å². The number of nitriles is 1. The molecule has 0 spiro atoms. The maximum absolute atomic E-state index is 11.1. The van der Waals surface area contributed by atoms with Crippen LogP contribution in [0.1, 0.15) is 23.4 Å². The lowest BCUT2D eigenvalue weighted by Gasteiger charge is -2.07. The van der Waals surface area contributed by atoms with Gasteiger partial charge in [-0.25, -0.2) is 10.4 Å². The van der Waals surface area contributed by atoms with Gasteiger partial charge in [0.15, 0.2) is 0 Å². The van der Waals surface area contributed by atoms with Crippen LogP contribution in [0.15, 0.2) is 35.6 Å². The molecule has 0 unspecified atom stereocenters. The summed E-state index contributed by atoms with van der Waals surface area (Å²) < 4.78 is 2.01. The van der Waals surface area contributed by atoms with Crippen LogP contribution < -0.4 is 5.43 Å².